The highest BCUT2D eigenvalue weighted by atomic mass is 32.2. The van der Waals surface area contributed by atoms with Crippen LogP contribution in [0.4, 0.5) is 0 Å². The van der Waals surface area contributed by atoms with Gasteiger partial charge in [0.25, 0.3) is 0 Å². The molecule has 19 heavy (non-hydrogen) atoms. The van der Waals surface area contributed by atoms with E-state index in [1.807, 2.05) is 6.92 Å². The molecule has 0 bridgehead atoms. The van der Waals surface area contributed by atoms with Gasteiger partial charge in [0, 0.05) is 7.11 Å². The minimum absolute atomic E-state index is 0.0852. The third-order valence-corrected chi connectivity index (χ3v) is 5.85. The molecule has 1 aromatic rings. The highest BCUT2D eigenvalue weighted by Crippen LogP contribution is 2.53. The van der Waals surface area contributed by atoms with Crippen molar-refractivity contribution in [2.24, 2.45) is 5.41 Å². The molecule has 1 fully saturated rings. The molecule has 1 aromatic carbocycles. The van der Waals surface area contributed by atoms with Gasteiger partial charge in [0.2, 0.25) is 0 Å². The van der Waals surface area contributed by atoms with E-state index in [1.54, 1.807) is 12.1 Å². The Hall–Kier alpha value is -1.40. The van der Waals surface area contributed by atoms with E-state index in [9.17, 15) is 18.3 Å². The fourth-order valence-corrected chi connectivity index (χ4v) is 4.39. The predicted octanol–water partition coefficient (Wildman–Crippen LogP) is 1.26. The maximum Gasteiger partial charge on any atom is 0.313 e. The number of sulfone groups is 1. The minimum atomic E-state index is -3.62. The van der Waals surface area contributed by atoms with E-state index in [-0.39, 0.29) is 17.9 Å². The molecule has 1 N–H and O–H groups in total. The molecule has 5 nitrogen and oxygen atoms in total. The summed E-state index contributed by atoms with van der Waals surface area (Å²) in [5, 5.41) is 8.31. The van der Waals surface area contributed by atoms with Crippen molar-refractivity contribution < 1.29 is 23.1 Å². The first-order chi connectivity index (χ1) is 8.84. The molecular weight excluding hydrogens is 268 g/mol. The quantitative estimate of drug-likeness (QED) is 0.880. The van der Waals surface area contributed by atoms with Crippen molar-refractivity contribution >= 4 is 15.8 Å². The molecule has 0 radical (unpaired) electrons. The molecule has 2 atom stereocenters. The Balaban J connectivity index is 2.33. The Morgan fingerprint density at radius 1 is 1.42 bits per heavy atom. The summed E-state index contributed by atoms with van der Waals surface area (Å²) in [5.74, 6) is -1.12. The van der Waals surface area contributed by atoms with E-state index >= 15 is 0 Å². The topological polar surface area (TPSA) is 80.7 Å². The number of carboxylic acid groups (broad SMARTS) is 1. The van der Waals surface area contributed by atoms with E-state index in [0.29, 0.717) is 0 Å². The number of ether oxygens (including phenoxy) is 1. The number of aliphatic carboxylic acids is 1. The van der Waals surface area contributed by atoms with Crippen molar-refractivity contribution in [1.82, 2.24) is 0 Å². The summed E-state index contributed by atoms with van der Waals surface area (Å²) in [5.41, 5.74) is -0.338. The lowest BCUT2D eigenvalue weighted by molar-refractivity contribution is -0.145. The Labute approximate surface area is 112 Å². The summed E-state index contributed by atoms with van der Waals surface area (Å²) in [4.78, 5) is 11.4. The van der Waals surface area contributed by atoms with Crippen LogP contribution >= 0.6 is 0 Å². The molecule has 0 heterocycles. The van der Waals surface area contributed by atoms with Crippen molar-refractivity contribution in [1.29, 1.82) is 0 Å². The SMILES string of the molecule is COC[C@@]1(C(=O)O)C[C@@H]1S(=O)(=O)c1ccc(C)cc1. The van der Waals surface area contributed by atoms with Crippen molar-refractivity contribution in [3.63, 3.8) is 0 Å². The Morgan fingerprint density at radius 3 is 2.47 bits per heavy atom. The summed E-state index contributed by atoms with van der Waals surface area (Å²) in [6.07, 6.45) is 0.104. The molecule has 1 aliphatic rings. The van der Waals surface area contributed by atoms with Gasteiger partial charge in [-0.3, -0.25) is 4.79 Å². The molecule has 0 aliphatic heterocycles. The number of carbonyl (C=O) groups is 1. The summed E-state index contributed by atoms with van der Waals surface area (Å²) in [6.45, 7) is 1.78. The van der Waals surface area contributed by atoms with Gasteiger partial charge in [-0.15, -0.1) is 0 Å². The second-order valence-electron chi connectivity index (χ2n) is 4.95. The number of methoxy groups -OCH3 is 1. The molecule has 0 spiro atoms. The molecule has 2 rings (SSSR count). The lowest BCUT2D eigenvalue weighted by Gasteiger charge is -2.11. The van der Waals surface area contributed by atoms with Crippen LogP contribution in [-0.2, 0) is 19.4 Å². The fourth-order valence-electron chi connectivity index (χ4n) is 2.27. The summed E-state index contributed by atoms with van der Waals surface area (Å²) in [6, 6.07) is 6.44. The summed E-state index contributed by atoms with van der Waals surface area (Å²) < 4.78 is 29.6. The van der Waals surface area contributed by atoms with Crippen LogP contribution in [-0.4, -0.2) is 38.5 Å². The molecule has 104 valence electrons. The number of aryl methyl sites for hydroxylation is 1. The number of hydrogen-bond donors (Lipinski definition) is 1. The van der Waals surface area contributed by atoms with Crippen LogP contribution in [0.5, 0.6) is 0 Å². The third kappa shape index (κ3) is 2.26. The smallest absolute Gasteiger partial charge is 0.313 e. The van der Waals surface area contributed by atoms with Crippen LogP contribution in [0.25, 0.3) is 0 Å². The van der Waals surface area contributed by atoms with Gasteiger partial charge >= 0.3 is 5.97 Å². The lowest BCUT2D eigenvalue weighted by atomic mass is 10.1. The zero-order valence-electron chi connectivity index (χ0n) is 10.8. The first-order valence-electron chi connectivity index (χ1n) is 5.87. The van der Waals surface area contributed by atoms with Crippen molar-refractivity contribution in [2.75, 3.05) is 13.7 Å². The second kappa shape index (κ2) is 4.61. The first-order valence-corrected chi connectivity index (χ1v) is 7.42. The minimum Gasteiger partial charge on any atom is -0.481 e. The molecule has 0 saturated heterocycles. The number of benzene rings is 1. The average molecular weight is 284 g/mol. The molecule has 0 unspecified atom stereocenters. The zero-order valence-corrected chi connectivity index (χ0v) is 11.6. The van der Waals surface area contributed by atoms with E-state index in [1.165, 1.54) is 19.2 Å². The van der Waals surface area contributed by atoms with E-state index in [0.717, 1.165) is 5.56 Å². The molecule has 1 saturated carbocycles. The van der Waals surface area contributed by atoms with Crippen LogP contribution in [0.1, 0.15) is 12.0 Å². The predicted molar refractivity (Wildman–Crippen MR) is 68.7 cm³/mol. The first kappa shape index (κ1) is 14.0. The normalized spacial score (nSPS) is 26.1. The van der Waals surface area contributed by atoms with Crippen molar-refractivity contribution in [3.8, 4) is 0 Å². The Kier molecular flexibility index (Phi) is 3.40. The molecular formula is C13H16O5S. The van der Waals surface area contributed by atoms with Gasteiger partial charge in [-0.05, 0) is 25.5 Å². The van der Waals surface area contributed by atoms with Gasteiger partial charge < -0.3 is 9.84 Å². The van der Waals surface area contributed by atoms with Crippen molar-refractivity contribution in [2.45, 2.75) is 23.5 Å². The number of rotatable bonds is 5. The molecule has 0 amide bonds. The van der Waals surface area contributed by atoms with Crippen LogP contribution in [0.15, 0.2) is 29.2 Å². The second-order valence-corrected chi connectivity index (χ2v) is 7.08. The highest BCUT2D eigenvalue weighted by molar-refractivity contribution is 7.92. The maximum absolute atomic E-state index is 12.4. The zero-order chi connectivity index (χ0) is 14.3. The van der Waals surface area contributed by atoms with Crippen molar-refractivity contribution in [3.05, 3.63) is 29.8 Å². The van der Waals surface area contributed by atoms with Gasteiger partial charge in [0.1, 0.15) is 5.41 Å². The van der Waals surface area contributed by atoms with Gasteiger partial charge in [-0.1, -0.05) is 17.7 Å². The molecule has 0 aromatic heterocycles. The largest absolute Gasteiger partial charge is 0.481 e. The van der Waals surface area contributed by atoms with Gasteiger partial charge in [0.15, 0.2) is 9.84 Å². The van der Waals surface area contributed by atoms with E-state index in [4.69, 9.17) is 4.74 Å². The standard InChI is InChI=1S/C13H16O5S/c1-9-3-5-10(6-4-9)19(16,17)11-7-13(11,8-18-2)12(14)15/h3-6,11H,7-8H2,1-2H3,(H,14,15)/t11-,13-/m0/s1. The summed E-state index contributed by atoms with van der Waals surface area (Å²) >= 11 is 0. The van der Waals surface area contributed by atoms with E-state index in [2.05, 4.69) is 0 Å². The Bertz CT molecular complexity index is 590. The van der Waals surface area contributed by atoms with Crippen LogP contribution in [0, 0.1) is 12.3 Å². The van der Waals surface area contributed by atoms with E-state index < -0.39 is 26.5 Å². The third-order valence-electron chi connectivity index (χ3n) is 3.56. The molecule has 1 aliphatic carbocycles. The average Bonchev–Trinajstić information content (AvgIpc) is 3.07. The maximum atomic E-state index is 12.4. The van der Waals surface area contributed by atoms with Gasteiger partial charge in [-0.2, -0.15) is 0 Å². The number of hydrogen-bond acceptors (Lipinski definition) is 4. The highest BCUT2D eigenvalue weighted by Gasteiger charge is 2.67. The van der Waals surface area contributed by atoms with Crippen LogP contribution in [0.2, 0.25) is 0 Å². The van der Waals surface area contributed by atoms with Gasteiger partial charge in [-0.25, -0.2) is 8.42 Å². The van der Waals surface area contributed by atoms with Gasteiger partial charge in [0.05, 0.1) is 16.8 Å². The Morgan fingerprint density at radius 2 is 2.00 bits per heavy atom. The number of carboxylic acids is 1. The van der Waals surface area contributed by atoms with Crippen LogP contribution < -0.4 is 0 Å². The summed E-state index contributed by atoms with van der Waals surface area (Å²) in [7, 11) is -2.24. The lowest BCUT2D eigenvalue weighted by Crippen LogP contribution is -2.28. The van der Waals surface area contributed by atoms with Crippen LogP contribution in [0.3, 0.4) is 0 Å². The fraction of sp³-hybridized carbons (Fsp3) is 0.462. The molecule has 6 heteroatoms. The monoisotopic (exact) mass is 284 g/mol.